The Balaban J connectivity index is 2.10. The Kier molecular flexibility index (Phi) is 5.78. The first-order chi connectivity index (χ1) is 10.2. The van der Waals surface area contributed by atoms with E-state index in [1.165, 1.54) is 6.20 Å². The molecule has 1 aromatic carbocycles. The molecule has 1 heterocycles. The zero-order chi connectivity index (χ0) is 15.1. The number of aromatic nitrogens is 2. The molecular weight excluding hydrogens is 290 g/mol. The molecule has 1 aromatic heterocycles. The van der Waals surface area contributed by atoms with Gasteiger partial charge in [0.05, 0.1) is 6.20 Å². The molecule has 5 nitrogen and oxygen atoms in total. The molecule has 2 N–H and O–H groups in total. The highest BCUT2D eigenvalue weighted by molar-refractivity contribution is 6.31. The fraction of sp³-hybridized carbons (Fsp3) is 0.333. The molecule has 6 heteroatoms. The second-order valence-electron chi connectivity index (χ2n) is 4.49. The molecule has 2 rings (SSSR count). The SMILES string of the molecule is CCCNc1ncc(Cl)c(Oc2ccc(CCO)cc2)n1. The Morgan fingerprint density at radius 3 is 2.71 bits per heavy atom. The highest BCUT2D eigenvalue weighted by atomic mass is 35.5. The Labute approximate surface area is 129 Å². The van der Waals surface area contributed by atoms with E-state index in [-0.39, 0.29) is 6.61 Å². The minimum atomic E-state index is 0.129. The third-order valence-electron chi connectivity index (χ3n) is 2.78. The lowest BCUT2D eigenvalue weighted by Gasteiger charge is -2.09. The molecule has 21 heavy (non-hydrogen) atoms. The van der Waals surface area contributed by atoms with Gasteiger partial charge in [-0.2, -0.15) is 4.98 Å². The van der Waals surface area contributed by atoms with Crippen molar-refractivity contribution in [2.75, 3.05) is 18.5 Å². The van der Waals surface area contributed by atoms with Crippen LogP contribution in [0.15, 0.2) is 30.5 Å². The fourth-order valence-electron chi connectivity index (χ4n) is 1.71. The van der Waals surface area contributed by atoms with Crippen LogP contribution in [0.25, 0.3) is 0 Å². The standard InChI is InChI=1S/C15H18ClN3O2/c1-2-8-17-15-18-10-13(16)14(19-15)21-12-5-3-11(4-6-12)7-9-20/h3-6,10,20H,2,7-9H2,1H3,(H,17,18,19). The third-order valence-corrected chi connectivity index (χ3v) is 3.04. The van der Waals surface area contributed by atoms with Crippen LogP contribution < -0.4 is 10.1 Å². The van der Waals surface area contributed by atoms with Crippen molar-refractivity contribution in [3.8, 4) is 11.6 Å². The number of halogens is 1. The molecule has 0 spiro atoms. The van der Waals surface area contributed by atoms with E-state index in [0.717, 1.165) is 18.5 Å². The largest absolute Gasteiger partial charge is 0.437 e. The number of rotatable bonds is 7. The lowest BCUT2D eigenvalue weighted by molar-refractivity contribution is 0.299. The number of nitrogens with one attached hydrogen (secondary N) is 1. The maximum absolute atomic E-state index is 8.89. The van der Waals surface area contributed by atoms with Crippen molar-refractivity contribution in [3.63, 3.8) is 0 Å². The molecule has 0 atom stereocenters. The van der Waals surface area contributed by atoms with Gasteiger partial charge in [0, 0.05) is 13.2 Å². The Bertz CT molecular complexity index is 576. The van der Waals surface area contributed by atoms with Gasteiger partial charge in [-0.3, -0.25) is 0 Å². The highest BCUT2D eigenvalue weighted by Gasteiger charge is 2.08. The van der Waals surface area contributed by atoms with E-state index in [9.17, 15) is 0 Å². The lowest BCUT2D eigenvalue weighted by Crippen LogP contribution is -2.04. The van der Waals surface area contributed by atoms with Crippen LogP contribution in [0.2, 0.25) is 5.02 Å². The van der Waals surface area contributed by atoms with Gasteiger partial charge in [0.25, 0.3) is 0 Å². The van der Waals surface area contributed by atoms with Crippen molar-refractivity contribution in [2.24, 2.45) is 0 Å². The zero-order valence-electron chi connectivity index (χ0n) is 11.8. The molecule has 112 valence electrons. The molecular formula is C15H18ClN3O2. The van der Waals surface area contributed by atoms with Gasteiger partial charge in [0.1, 0.15) is 10.8 Å². The summed E-state index contributed by atoms with van der Waals surface area (Å²) in [5.41, 5.74) is 1.05. The Morgan fingerprint density at radius 1 is 1.29 bits per heavy atom. The number of benzene rings is 1. The second kappa shape index (κ2) is 7.81. The molecule has 0 aliphatic carbocycles. The van der Waals surface area contributed by atoms with Crippen molar-refractivity contribution in [1.29, 1.82) is 0 Å². The van der Waals surface area contributed by atoms with Crippen molar-refractivity contribution in [1.82, 2.24) is 9.97 Å². The lowest BCUT2D eigenvalue weighted by atomic mass is 10.1. The molecule has 0 fully saturated rings. The van der Waals surface area contributed by atoms with Gasteiger partial charge < -0.3 is 15.2 Å². The van der Waals surface area contributed by atoms with Gasteiger partial charge in [0.2, 0.25) is 11.8 Å². The van der Waals surface area contributed by atoms with Crippen LogP contribution in [0.1, 0.15) is 18.9 Å². The number of nitrogens with zero attached hydrogens (tertiary/aromatic N) is 2. The summed E-state index contributed by atoms with van der Waals surface area (Å²) in [5.74, 6) is 1.45. The molecule has 0 bridgehead atoms. The van der Waals surface area contributed by atoms with Gasteiger partial charge in [0.15, 0.2) is 0 Å². The van der Waals surface area contributed by atoms with Crippen molar-refractivity contribution in [2.45, 2.75) is 19.8 Å². The minimum absolute atomic E-state index is 0.129. The van der Waals surface area contributed by atoms with E-state index in [1.807, 2.05) is 24.3 Å². The first-order valence-corrected chi connectivity index (χ1v) is 7.24. The molecule has 0 saturated heterocycles. The first-order valence-electron chi connectivity index (χ1n) is 6.87. The quantitative estimate of drug-likeness (QED) is 0.821. The second-order valence-corrected chi connectivity index (χ2v) is 4.90. The van der Waals surface area contributed by atoms with Crippen LogP contribution >= 0.6 is 11.6 Å². The Morgan fingerprint density at radius 2 is 2.05 bits per heavy atom. The van der Waals surface area contributed by atoms with Gasteiger partial charge in [-0.25, -0.2) is 4.98 Å². The number of aliphatic hydroxyl groups excluding tert-OH is 1. The maximum Gasteiger partial charge on any atom is 0.243 e. The predicted molar refractivity (Wildman–Crippen MR) is 83.1 cm³/mol. The monoisotopic (exact) mass is 307 g/mol. The van der Waals surface area contributed by atoms with E-state index in [0.29, 0.717) is 29.0 Å². The van der Waals surface area contributed by atoms with Crippen molar-refractivity contribution >= 4 is 17.5 Å². The number of anilines is 1. The molecule has 0 saturated carbocycles. The number of aliphatic hydroxyl groups is 1. The number of hydrogen-bond donors (Lipinski definition) is 2. The van der Waals surface area contributed by atoms with Gasteiger partial charge >= 0.3 is 0 Å². The zero-order valence-corrected chi connectivity index (χ0v) is 12.6. The van der Waals surface area contributed by atoms with Gasteiger partial charge in [-0.15, -0.1) is 0 Å². The van der Waals surface area contributed by atoms with E-state index in [2.05, 4.69) is 22.2 Å². The predicted octanol–water partition coefficient (Wildman–Crippen LogP) is 3.28. The van der Waals surface area contributed by atoms with Crippen LogP contribution in [0, 0.1) is 0 Å². The minimum Gasteiger partial charge on any atom is -0.437 e. The topological polar surface area (TPSA) is 67.3 Å². The fourth-order valence-corrected chi connectivity index (χ4v) is 1.84. The summed E-state index contributed by atoms with van der Waals surface area (Å²) in [6, 6.07) is 7.44. The first kappa shape index (κ1) is 15.5. The molecule has 0 amide bonds. The van der Waals surface area contributed by atoms with Crippen molar-refractivity contribution < 1.29 is 9.84 Å². The summed E-state index contributed by atoms with van der Waals surface area (Å²) in [5, 5.41) is 12.3. The summed E-state index contributed by atoms with van der Waals surface area (Å²) in [4.78, 5) is 8.34. The van der Waals surface area contributed by atoms with Crippen LogP contribution in [-0.4, -0.2) is 28.2 Å². The van der Waals surface area contributed by atoms with Crippen LogP contribution in [0.5, 0.6) is 11.6 Å². The van der Waals surface area contributed by atoms with E-state index >= 15 is 0 Å². The summed E-state index contributed by atoms with van der Waals surface area (Å²) >= 11 is 6.05. The van der Waals surface area contributed by atoms with E-state index < -0.39 is 0 Å². The molecule has 0 unspecified atom stereocenters. The molecule has 0 aliphatic heterocycles. The highest BCUT2D eigenvalue weighted by Crippen LogP contribution is 2.27. The van der Waals surface area contributed by atoms with Crippen LogP contribution in [-0.2, 0) is 6.42 Å². The van der Waals surface area contributed by atoms with Crippen molar-refractivity contribution in [3.05, 3.63) is 41.0 Å². The maximum atomic E-state index is 8.89. The average molecular weight is 308 g/mol. The summed E-state index contributed by atoms with van der Waals surface area (Å²) in [6.07, 6.45) is 3.12. The summed E-state index contributed by atoms with van der Waals surface area (Å²) in [7, 11) is 0. The number of ether oxygens (including phenoxy) is 1. The van der Waals surface area contributed by atoms with Gasteiger partial charge in [-0.05, 0) is 30.5 Å². The van der Waals surface area contributed by atoms with Gasteiger partial charge in [-0.1, -0.05) is 30.7 Å². The average Bonchev–Trinajstić information content (AvgIpc) is 2.50. The molecule has 0 radical (unpaired) electrons. The third kappa shape index (κ3) is 4.58. The summed E-state index contributed by atoms with van der Waals surface area (Å²) in [6.45, 7) is 2.98. The van der Waals surface area contributed by atoms with E-state index in [4.69, 9.17) is 21.4 Å². The van der Waals surface area contributed by atoms with Crippen LogP contribution in [0.4, 0.5) is 5.95 Å². The summed E-state index contributed by atoms with van der Waals surface area (Å²) < 4.78 is 5.68. The molecule has 2 aromatic rings. The molecule has 0 aliphatic rings. The smallest absolute Gasteiger partial charge is 0.243 e. The normalized spacial score (nSPS) is 10.4. The number of hydrogen-bond acceptors (Lipinski definition) is 5. The Hall–Kier alpha value is -1.85. The van der Waals surface area contributed by atoms with E-state index in [1.54, 1.807) is 0 Å². The van der Waals surface area contributed by atoms with Crippen LogP contribution in [0.3, 0.4) is 0 Å².